The maximum atomic E-state index is 5.93. The minimum absolute atomic E-state index is 0.448. The highest BCUT2D eigenvalue weighted by Crippen LogP contribution is 2.31. The third kappa shape index (κ3) is 3.32. The Morgan fingerprint density at radius 3 is 2.63 bits per heavy atom. The van der Waals surface area contributed by atoms with Gasteiger partial charge in [-0.25, -0.2) is 0 Å². The summed E-state index contributed by atoms with van der Waals surface area (Å²) in [6, 6.07) is 11.9. The summed E-state index contributed by atoms with van der Waals surface area (Å²) >= 11 is 0. The number of nitrogens with two attached hydrogens (primary N) is 1. The molecule has 1 aromatic carbocycles. The molecule has 0 aliphatic rings. The molecule has 19 heavy (non-hydrogen) atoms. The second-order valence-electron chi connectivity index (χ2n) is 4.64. The van der Waals surface area contributed by atoms with Crippen molar-refractivity contribution in [1.82, 2.24) is 4.98 Å². The van der Waals surface area contributed by atoms with E-state index in [0.717, 1.165) is 23.6 Å². The lowest BCUT2D eigenvalue weighted by atomic mass is 9.98. The molecule has 0 amide bonds. The molecule has 0 fully saturated rings. The molecule has 3 heteroatoms. The van der Waals surface area contributed by atoms with Gasteiger partial charge >= 0.3 is 0 Å². The van der Waals surface area contributed by atoms with Crippen LogP contribution in [0.4, 0.5) is 0 Å². The molecule has 0 radical (unpaired) electrons. The van der Waals surface area contributed by atoms with Gasteiger partial charge in [0.1, 0.15) is 11.5 Å². The van der Waals surface area contributed by atoms with Crippen LogP contribution in [0.25, 0.3) is 0 Å². The van der Waals surface area contributed by atoms with Crippen molar-refractivity contribution in [2.45, 2.75) is 32.7 Å². The first-order valence-electron chi connectivity index (χ1n) is 6.66. The third-order valence-corrected chi connectivity index (χ3v) is 3.30. The Morgan fingerprint density at radius 2 is 2.00 bits per heavy atom. The van der Waals surface area contributed by atoms with E-state index in [0.29, 0.717) is 12.5 Å². The Balaban J connectivity index is 2.22. The van der Waals surface area contributed by atoms with E-state index in [4.69, 9.17) is 10.5 Å². The van der Waals surface area contributed by atoms with Gasteiger partial charge in [0.05, 0.1) is 11.9 Å². The smallest absolute Gasteiger partial charge is 0.145 e. The van der Waals surface area contributed by atoms with Crippen LogP contribution in [0.15, 0.2) is 42.6 Å². The summed E-state index contributed by atoms with van der Waals surface area (Å²) in [7, 11) is 0. The van der Waals surface area contributed by atoms with Gasteiger partial charge in [0.2, 0.25) is 0 Å². The number of pyridine rings is 1. The van der Waals surface area contributed by atoms with Crippen LogP contribution in [0.1, 0.15) is 37.4 Å². The van der Waals surface area contributed by atoms with Gasteiger partial charge < -0.3 is 10.5 Å². The van der Waals surface area contributed by atoms with Crippen molar-refractivity contribution >= 4 is 0 Å². The molecule has 3 nitrogen and oxygen atoms in total. The normalized spacial score (nSPS) is 12.2. The van der Waals surface area contributed by atoms with Gasteiger partial charge in [0.15, 0.2) is 0 Å². The molecule has 0 aliphatic heterocycles. The van der Waals surface area contributed by atoms with E-state index in [1.165, 1.54) is 5.56 Å². The van der Waals surface area contributed by atoms with Gasteiger partial charge in [-0.2, -0.15) is 0 Å². The minimum Gasteiger partial charge on any atom is -0.455 e. The first kappa shape index (κ1) is 13.6. The van der Waals surface area contributed by atoms with Gasteiger partial charge in [-0.05, 0) is 36.1 Å². The van der Waals surface area contributed by atoms with Crippen LogP contribution in [0, 0.1) is 0 Å². The molecule has 1 heterocycles. The fourth-order valence-electron chi connectivity index (χ4n) is 1.92. The van der Waals surface area contributed by atoms with Crippen LogP contribution in [0.5, 0.6) is 11.5 Å². The molecule has 0 saturated heterocycles. The third-order valence-electron chi connectivity index (χ3n) is 3.30. The number of para-hydroxylation sites is 1. The van der Waals surface area contributed by atoms with E-state index in [-0.39, 0.29) is 0 Å². The van der Waals surface area contributed by atoms with E-state index >= 15 is 0 Å². The van der Waals surface area contributed by atoms with Crippen LogP contribution < -0.4 is 10.5 Å². The summed E-state index contributed by atoms with van der Waals surface area (Å²) in [5.74, 6) is 2.12. The second kappa shape index (κ2) is 6.34. The van der Waals surface area contributed by atoms with Crippen molar-refractivity contribution < 1.29 is 4.74 Å². The highest BCUT2D eigenvalue weighted by atomic mass is 16.5. The van der Waals surface area contributed by atoms with E-state index < -0.39 is 0 Å². The Labute approximate surface area is 114 Å². The molecule has 100 valence electrons. The lowest BCUT2D eigenvalue weighted by Gasteiger charge is -2.15. The van der Waals surface area contributed by atoms with Crippen LogP contribution >= 0.6 is 0 Å². The Hall–Kier alpha value is -1.87. The quantitative estimate of drug-likeness (QED) is 0.884. The van der Waals surface area contributed by atoms with Crippen LogP contribution in [-0.2, 0) is 6.54 Å². The van der Waals surface area contributed by atoms with Crippen molar-refractivity contribution in [3.8, 4) is 11.5 Å². The van der Waals surface area contributed by atoms with Crippen molar-refractivity contribution in [3.63, 3.8) is 0 Å². The highest BCUT2D eigenvalue weighted by Gasteiger charge is 2.10. The van der Waals surface area contributed by atoms with Crippen molar-refractivity contribution in [3.05, 3.63) is 53.9 Å². The summed E-state index contributed by atoms with van der Waals surface area (Å²) in [4.78, 5) is 4.24. The van der Waals surface area contributed by atoms with Gasteiger partial charge in [-0.15, -0.1) is 0 Å². The number of aromatic nitrogens is 1. The predicted octanol–water partition coefficient (Wildman–Crippen LogP) is 3.85. The molecule has 0 aliphatic carbocycles. The second-order valence-corrected chi connectivity index (χ2v) is 4.64. The maximum absolute atomic E-state index is 5.93. The largest absolute Gasteiger partial charge is 0.455 e. The topological polar surface area (TPSA) is 48.1 Å². The monoisotopic (exact) mass is 256 g/mol. The summed E-state index contributed by atoms with van der Waals surface area (Å²) < 4.78 is 5.93. The highest BCUT2D eigenvalue weighted by molar-refractivity contribution is 5.39. The fourth-order valence-corrected chi connectivity index (χ4v) is 1.92. The number of nitrogens with zero attached hydrogens (tertiary/aromatic N) is 1. The lowest BCUT2D eigenvalue weighted by molar-refractivity contribution is 0.467. The Morgan fingerprint density at radius 1 is 1.21 bits per heavy atom. The number of hydrogen-bond donors (Lipinski definition) is 1. The Kier molecular flexibility index (Phi) is 4.53. The molecule has 1 aromatic heterocycles. The summed E-state index contributed by atoms with van der Waals surface area (Å²) in [5, 5.41) is 0. The molecule has 0 saturated carbocycles. The molecular formula is C16H20N2O. The molecule has 0 spiro atoms. The summed E-state index contributed by atoms with van der Waals surface area (Å²) in [6.45, 7) is 4.83. The van der Waals surface area contributed by atoms with Gasteiger partial charge in [-0.1, -0.05) is 32.0 Å². The zero-order valence-corrected chi connectivity index (χ0v) is 11.5. The number of benzene rings is 1. The Bertz CT molecular complexity index is 523. The molecular weight excluding hydrogens is 236 g/mol. The van der Waals surface area contributed by atoms with E-state index in [2.05, 4.69) is 24.9 Å². The van der Waals surface area contributed by atoms with Crippen molar-refractivity contribution in [2.24, 2.45) is 5.73 Å². The first-order valence-corrected chi connectivity index (χ1v) is 6.66. The number of rotatable bonds is 5. The van der Waals surface area contributed by atoms with Gasteiger partial charge in [0.25, 0.3) is 0 Å². The standard InChI is InChI=1S/C16H20N2O/c1-3-12(2)15-6-4-5-7-16(15)19-14-9-8-13(10-17)18-11-14/h4-9,11-12H,3,10,17H2,1-2H3. The van der Waals surface area contributed by atoms with E-state index in [1.54, 1.807) is 6.20 Å². The van der Waals surface area contributed by atoms with E-state index in [9.17, 15) is 0 Å². The maximum Gasteiger partial charge on any atom is 0.145 e. The van der Waals surface area contributed by atoms with Crippen molar-refractivity contribution in [2.75, 3.05) is 0 Å². The summed E-state index contributed by atoms with van der Waals surface area (Å²) in [6.07, 6.45) is 2.81. The zero-order valence-electron chi connectivity index (χ0n) is 11.5. The fraction of sp³-hybridized carbons (Fsp3) is 0.312. The minimum atomic E-state index is 0.448. The summed E-state index contributed by atoms with van der Waals surface area (Å²) in [5.41, 5.74) is 7.62. The average molecular weight is 256 g/mol. The van der Waals surface area contributed by atoms with Crippen LogP contribution in [0.3, 0.4) is 0 Å². The number of ether oxygens (including phenoxy) is 1. The van der Waals surface area contributed by atoms with Crippen LogP contribution in [-0.4, -0.2) is 4.98 Å². The molecule has 1 unspecified atom stereocenters. The molecule has 2 N–H and O–H groups in total. The number of hydrogen-bond acceptors (Lipinski definition) is 3. The first-order chi connectivity index (χ1) is 9.24. The lowest BCUT2D eigenvalue weighted by Crippen LogP contribution is -1.99. The van der Waals surface area contributed by atoms with Gasteiger partial charge in [-0.3, -0.25) is 4.98 Å². The van der Waals surface area contributed by atoms with Gasteiger partial charge in [0, 0.05) is 6.54 Å². The average Bonchev–Trinajstić information content (AvgIpc) is 2.48. The molecule has 0 bridgehead atoms. The van der Waals surface area contributed by atoms with Crippen molar-refractivity contribution in [1.29, 1.82) is 0 Å². The van der Waals surface area contributed by atoms with Crippen LogP contribution in [0.2, 0.25) is 0 Å². The molecule has 2 rings (SSSR count). The van der Waals surface area contributed by atoms with E-state index in [1.807, 2.05) is 30.3 Å². The predicted molar refractivity (Wildman–Crippen MR) is 77.4 cm³/mol. The molecule has 2 aromatic rings. The SMILES string of the molecule is CCC(C)c1ccccc1Oc1ccc(CN)nc1. The molecule has 1 atom stereocenters. The zero-order chi connectivity index (χ0) is 13.7.